The van der Waals surface area contributed by atoms with Gasteiger partial charge in [-0.1, -0.05) is 28.6 Å². The quantitative estimate of drug-likeness (QED) is 0.814. The third kappa shape index (κ3) is 4.20. The minimum Gasteiger partial charge on any atom is -0.496 e. The van der Waals surface area contributed by atoms with Gasteiger partial charge in [0.25, 0.3) is 0 Å². The zero-order valence-electron chi connectivity index (χ0n) is 9.55. The summed E-state index contributed by atoms with van der Waals surface area (Å²) in [4.78, 5) is 1.17. The van der Waals surface area contributed by atoms with Crippen LogP contribution in [0, 0.1) is 0 Å². The van der Waals surface area contributed by atoms with Crippen molar-refractivity contribution in [1.29, 1.82) is 0 Å². The number of thioether (sulfide) groups is 1. The van der Waals surface area contributed by atoms with E-state index in [-0.39, 0.29) is 0 Å². The maximum atomic E-state index is 5.27. The van der Waals surface area contributed by atoms with Gasteiger partial charge >= 0.3 is 0 Å². The molecule has 0 saturated heterocycles. The summed E-state index contributed by atoms with van der Waals surface area (Å²) < 4.78 is 6.24. The minimum atomic E-state index is 0.778. The predicted molar refractivity (Wildman–Crippen MR) is 74.5 cm³/mol. The molecule has 0 heterocycles. The van der Waals surface area contributed by atoms with E-state index in [1.54, 1.807) is 18.9 Å². The highest BCUT2D eigenvalue weighted by Crippen LogP contribution is 2.28. The van der Waals surface area contributed by atoms with Gasteiger partial charge in [-0.15, -0.1) is 11.8 Å². The lowest BCUT2D eigenvalue weighted by Gasteiger charge is -2.09. The van der Waals surface area contributed by atoms with Crippen LogP contribution in [0.3, 0.4) is 0 Å². The number of halogens is 1. The minimum absolute atomic E-state index is 0.778. The van der Waals surface area contributed by atoms with Crippen molar-refractivity contribution in [1.82, 2.24) is 5.32 Å². The van der Waals surface area contributed by atoms with Crippen LogP contribution in [-0.4, -0.2) is 19.9 Å². The number of benzene rings is 1. The molecule has 2 nitrogen and oxygen atoms in total. The van der Waals surface area contributed by atoms with Crippen LogP contribution in [0.15, 0.2) is 34.2 Å². The van der Waals surface area contributed by atoms with Gasteiger partial charge in [-0.2, -0.15) is 0 Å². The molecule has 0 unspecified atom stereocenters. The first-order valence-electron chi connectivity index (χ1n) is 4.92. The van der Waals surface area contributed by atoms with Gasteiger partial charge in [0.15, 0.2) is 0 Å². The molecule has 1 aromatic carbocycles. The molecule has 0 atom stereocenters. The van der Waals surface area contributed by atoms with E-state index in [0.717, 1.165) is 23.3 Å². The standard InChI is InChI=1S/C12H16BrNOS/c1-9(13)7-14-8-10-4-5-11(15-2)12(6-10)16-3/h4-6,14H,1,7-8H2,2-3H3. The van der Waals surface area contributed by atoms with E-state index >= 15 is 0 Å². The summed E-state index contributed by atoms with van der Waals surface area (Å²) >= 11 is 5.01. The number of hydrogen-bond acceptors (Lipinski definition) is 3. The van der Waals surface area contributed by atoms with Gasteiger partial charge < -0.3 is 10.1 Å². The van der Waals surface area contributed by atoms with Crippen molar-refractivity contribution in [3.05, 3.63) is 34.8 Å². The Balaban J connectivity index is 2.64. The van der Waals surface area contributed by atoms with E-state index in [0.29, 0.717) is 0 Å². The van der Waals surface area contributed by atoms with E-state index in [4.69, 9.17) is 4.74 Å². The Morgan fingerprint density at radius 3 is 2.88 bits per heavy atom. The third-order valence-corrected chi connectivity index (χ3v) is 3.13. The summed E-state index contributed by atoms with van der Waals surface area (Å²) in [6.07, 6.45) is 2.05. The summed E-state index contributed by atoms with van der Waals surface area (Å²) in [5.74, 6) is 0.932. The Labute approximate surface area is 110 Å². The predicted octanol–water partition coefficient (Wildman–Crippen LogP) is 3.42. The molecule has 4 heteroatoms. The Bertz CT molecular complexity index is 368. The second-order valence-corrected chi connectivity index (χ2v) is 5.28. The van der Waals surface area contributed by atoms with Crippen molar-refractivity contribution in [2.75, 3.05) is 19.9 Å². The molecule has 0 spiro atoms. The first-order chi connectivity index (χ1) is 7.67. The molecule has 0 aliphatic carbocycles. The van der Waals surface area contributed by atoms with Crippen molar-refractivity contribution < 1.29 is 4.74 Å². The highest BCUT2D eigenvalue weighted by atomic mass is 79.9. The van der Waals surface area contributed by atoms with Crippen LogP contribution >= 0.6 is 27.7 Å². The molecule has 0 fully saturated rings. The van der Waals surface area contributed by atoms with Gasteiger partial charge in [-0.3, -0.25) is 0 Å². The summed E-state index contributed by atoms with van der Waals surface area (Å²) in [6, 6.07) is 6.22. The molecular formula is C12H16BrNOS. The number of nitrogens with one attached hydrogen (secondary N) is 1. The summed E-state index contributed by atoms with van der Waals surface area (Å²) in [6.45, 7) is 5.39. The Morgan fingerprint density at radius 2 is 2.31 bits per heavy atom. The molecule has 0 amide bonds. The molecule has 0 radical (unpaired) electrons. The fraction of sp³-hybridized carbons (Fsp3) is 0.333. The molecular weight excluding hydrogens is 286 g/mol. The monoisotopic (exact) mass is 301 g/mol. The lowest BCUT2D eigenvalue weighted by molar-refractivity contribution is 0.404. The van der Waals surface area contributed by atoms with Crippen molar-refractivity contribution in [2.45, 2.75) is 11.4 Å². The van der Waals surface area contributed by atoms with E-state index in [1.807, 2.05) is 6.07 Å². The normalized spacial score (nSPS) is 10.2. The summed E-state index contributed by atoms with van der Waals surface area (Å²) in [5, 5.41) is 3.29. The molecule has 16 heavy (non-hydrogen) atoms. The van der Waals surface area contributed by atoms with Crippen LogP contribution in [0.2, 0.25) is 0 Å². The smallest absolute Gasteiger partial charge is 0.132 e. The average molecular weight is 302 g/mol. The third-order valence-electron chi connectivity index (χ3n) is 2.09. The maximum Gasteiger partial charge on any atom is 0.132 e. The summed E-state index contributed by atoms with van der Waals surface area (Å²) in [5.41, 5.74) is 1.25. The number of methoxy groups -OCH3 is 1. The molecule has 88 valence electrons. The first kappa shape index (κ1) is 13.6. The Morgan fingerprint density at radius 1 is 1.56 bits per heavy atom. The number of ether oxygens (including phenoxy) is 1. The van der Waals surface area contributed by atoms with Gasteiger partial charge in [0.05, 0.1) is 7.11 Å². The molecule has 0 aromatic heterocycles. The van der Waals surface area contributed by atoms with Crippen molar-refractivity contribution in [3.8, 4) is 5.75 Å². The van der Waals surface area contributed by atoms with Crippen molar-refractivity contribution in [3.63, 3.8) is 0 Å². The first-order valence-corrected chi connectivity index (χ1v) is 6.94. The highest BCUT2D eigenvalue weighted by molar-refractivity contribution is 9.11. The van der Waals surface area contributed by atoms with E-state index < -0.39 is 0 Å². The van der Waals surface area contributed by atoms with Crippen molar-refractivity contribution in [2.24, 2.45) is 0 Å². The van der Waals surface area contributed by atoms with E-state index in [9.17, 15) is 0 Å². The molecule has 0 bridgehead atoms. The zero-order valence-corrected chi connectivity index (χ0v) is 12.0. The molecule has 0 aliphatic heterocycles. The van der Waals surface area contributed by atoms with Gasteiger partial charge in [0.2, 0.25) is 0 Å². The van der Waals surface area contributed by atoms with Gasteiger partial charge in [0.1, 0.15) is 5.75 Å². The van der Waals surface area contributed by atoms with Gasteiger partial charge in [-0.25, -0.2) is 0 Å². The second kappa shape index (κ2) is 6.99. The van der Waals surface area contributed by atoms with Gasteiger partial charge in [-0.05, 0) is 24.0 Å². The number of hydrogen-bond donors (Lipinski definition) is 1. The average Bonchev–Trinajstić information content (AvgIpc) is 2.28. The van der Waals surface area contributed by atoms with Crippen LogP contribution in [-0.2, 0) is 6.54 Å². The van der Waals surface area contributed by atoms with Crippen LogP contribution < -0.4 is 10.1 Å². The molecule has 0 saturated carbocycles. The lowest BCUT2D eigenvalue weighted by Crippen LogP contribution is -2.14. The van der Waals surface area contributed by atoms with Crippen LogP contribution in [0.4, 0.5) is 0 Å². The molecule has 1 aromatic rings. The SMILES string of the molecule is C=C(Br)CNCc1ccc(OC)c(SC)c1. The second-order valence-electron chi connectivity index (χ2n) is 3.31. The maximum absolute atomic E-state index is 5.27. The Hall–Kier alpha value is -0.450. The fourth-order valence-corrected chi connectivity index (χ4v) is 2.15. The topological polar surface area (TPSA) is 21.3 Å². The molecule has 1 rings (SSSR count). The van der Waals surface area contributed by atoms with Crippen LogP contribution in [0.1, 0.15) is 5.56 Å². The lowest BCUT2D eigenvalue weighted by atomic mass is 10.2. The molecule has 0 aliphatic rings. The van der Waals surface area contributed by atoms with Crippen LogP contribution in [0.25, 0.3) is 0 Å². The number of rotatable bonds is 6. The molecule has 1 N–H and O–H groups in total. The van der Waals surface area contributed by atoms with Crippen LogP contribution in [0.5, 0.6) is 5.75 Å². The Kier molecular flexibility index (Phi) is 5.95. The zero-order chi connectivity index (χ0) is 12.0. The van der Waals surface area contributed by atoms with E-state index in [1.165, 1.54) is 10.5 Å². The van der Waals surface area contributed by atoms with Gasteiger partial charge in [0, 0.05) is 22.5 Å². The van der Waals surface area contributed by atoms with E-state index in [2.05, 4.69) is 46.2 Å². The fourth-order valence-electron chi connectivity index (χ4n) is 1.33. The van der Waals surface area contributed by atoms with Crippen molar-refractivity contribution >= 4 is 27.7 Å². The highest BCUT2D eigenvalue weighted by Gasteiger charge is 2.02. The largest absolute Gasteiger partial charge is 0.496 e. The summed E-state index contributed by atoms with van der Waals surface area (Å²) in [7, 11) is 1.70.